The molecule has 0 aromatic rings. The summed E-state index contributed by atoms with van der Waals surface area (Å²) in [4.78, 5) is 23.2. The van der Waals surface area contributed by atoms with Crippen LogP contribution in [0.1, 0.15) is 57.8 Å². The van der Waals surface area contributed by atoms with Crippen molar-refractivity contribution in [2.75, 3.05) is 6.61 Å². The summed E-state index contributed by atoms with van der Waals surface area (Å²) < 4.78 is 0. The Morgan fingerprint density at radius 3 is 2.47 bits per heavy atom. The number of unbranched alkanes of at least 4 members (excludes halogenated alkanes) is 3. The largest absolute Gasteiger partial charge is 0.480 e. The Morgan fingerprint density at radius 1 is 1.18 bits per heavy atom. The lowest BCUT2D eigenvalue weighted by Crippen LogP contribution is -2.41. The van der Waals surface area contributed by atoms with E-state index in [2.05, 4.69) is 0 Å². The van der Waals surface area contributed by atoms with Crippen molar-refractivity contribution in [3.63, 3.8) is 0 Å². The van der Waals surface area contributed by atoms with Crippen LogP contribution in [0.2, 0.25) is 0 Å². The van der Waals surface area contributed by atoms with E-state index in [1.165, 1.54) is 0 Å². The van der Waals surface area contributed by atoms with Gasteiger partial charge in [0.2, 0.25) is 0 Å². The van der Waals surface area contributed by atoms with Crippen LogP contribution in [-0.4, -0.2) is 28.6 Å². The van der Waals surface area contributed by atoms with Crippen LogP contribution in [0, 0.1) is 5.41 Å². The lowest BCUT2D eigenvalue weighted by atomic mass is 9.70. The van der Waals surface area contributed by atoms with E-state index in [1.807, 2.05) is 0 Å². The second kappa shape index (κ2) is 6.74. The number of hydrogen-bond donors (Lipinski definition) is 2. The Labute approximate surface area is 102 Å². The first-order chi connectivity index (χ1) is 8.13. The SMILES string of the molecule is O=C(O)C1(CCCCCCO)CCCCC1=O. The van der Waals surface area contributed by atoms with Crippen LogP contribution in [0.5, 0.6) is 0 Å². The average Bonchev–Trinajstić information content (AvgIpc) is 2.31. The summed E-state index contributed by atoms with van der Waals surface area (Å²) in [6, 6.07) is 0. The van der Waals surface area contributed by atoms with Gasteiger partial charge in [-0.3, -0.25) is 9.59 Å². The highest BCUT2D eigenvalue weighted by Gasteiger charge is 2.45. The first-order valence-corrected chi connectivity index (χ1v) is 6.51. The number of carboxylic acids is 1. The molecule has 0 spiro atoms. The van der Waals surface area contributed by atoms with E-state index in [0.29, 0.717) is 19.3 Å². The van der Waals surface area contributed by atoms with Crippen LogP contribution in [0.25, 0.3) is 0 Å². The number of carbonyl (C=O) groups excluding carboxylic acids is 1. The molecule has 0 bridgehead atoms. The van der Waals surface area contributed by atoms with E-state index in [-0.39, 0.29) is 12.4 Å². The lowest BCUT2D eigenvalue weighted by molar-refractivity contribution is -0.157. The van der Waals surface area contributed by atoms with Crippen molar-refractivity contribution >= 4 is 11.8 Å². The van der Waals surface area contributed by atoms with E-state index < -0.39 is 11.4 Å². The zero-order chi connectivity index (χ0) is 12.7. The quantitative estimate of drug-likeness (QED) is 0.530. The molecule has 0 amide bonds. The monoisotopic (exact) mass is 242 g/mol. The molecule has 1 aliphatic carbocycles. The van der Waals surface area contributed by atoms with E-state index in [9.17, 15) is 14.7 Å². The Bertz CT molecular complexity index is 275. The normalized spacial score (nSPS) is 24.9. The molecule has 0 heterocycles. The smallest absolute Gasteiger partial charge is 0.317 e. The Kier molecular flexibility index (Phi) is 5.62. The van der Waals surface area contributed by atoms with Gasteiger partial charge in [0.15, 0.2) is 0 Å². The van der Waals surface area contributed by atoms with E-state index in [1.54, 1.807) is 0 Å². The summed E-state index contributed by atoms with van der Waals surface area (Å²) in [6.07, 6.45) is 6.37. The van der Waals surface area contributed by atoms with Gasteiger partial charge in [0, 0.05) is 13.0 Å². The van der Waals surface area contributed by atoms with Crippen LogP contribution < -0.4 is 0 Å². The summed E-state index contributed by atoms with van der Waals surface area (Å²) >= 11 is 0. The number of ketones is 1. The molecule has 4 nitrogen and oxygen atoms in total. The van der Waals surface area contributed by atoms with Crippen molar-refractivity contribution in [2.24, 2.45) is 5.41 Å². The number of aliphatic carboxylic acids is 1. The fourth-order valence-electron chi connectivity index (χ4n) is 2.58. The van der Waals surface area contributed by atoms with Gasteiger partial charge < -0.3 is 10.2 Å². The number of rotatable bonds is 7. The maximum atomic E-state index is 11.9. The van der Waals surface area contributed by atoms with Crippen LogP contribution in [0.4, 0.5) is 0 Å². The molecular formula is C13H22O4. The molecule has 0 saturated heterocycles. The standard InChI is InChI=1S/C13H22O4/c14-10-6-2-1-4-8-13(12(16)17)9-5-3-7-11(13)15/h14H,1-10H2,(H,16,17). The number of carbonyl (C=O) groups is 2. The fourth-order valence-corrected chi connectivity index (χ4v) is 2.58. The minimum atomic E-state index is -1.10. The van der Waals surface area contributed by atoms with Gasteiger partial charge in [-0.1, -0.05) is 25.7 Å². The Hall–Kier alpha value is -0.900. The van der Waals surface area contributed by atoms with Crippen molar-refractivity contribution in [3.05, 3.63) is 0 Å². The first-order valence-electron chi connectivity index (χ1n) is 6.51. The van der Waals surface area contributed by atoms with Gasteiger partial charge in [-0.15, -0.1) is 0 Å². The summed E-state index contributed by atoms with van der Waals surface area (Å²) in [6.45, 7) is 0.184. The lowest BCUT2D eigenvalue weighted by Gasteiger charge is -2.31. The molecule has 1 fully saturated rings. The van der Waals surface area contributed by atoms with Crippen LogP contribution in [0.15, 0.2) is 0 Å². The molecule has 2 N–H and O–H groups in total. The second-order valence-corrected chi connectivity index (χ2v) is 4.91. The second-order valence-electron chi connectivity index (χ2n) is 4.91. The summed E-state index contributed by atoms with van der Waals surface area (Å²) in [7, 11) is 0. The number of carboxylic acid groups (broad SMARTS) is 1. The molecule has 98 valence electrons. The predicted molar refractivity (Wildman–Crippen MR) is 63.7 cm³/mol. The van der Waals surface area contributed by atoms with Crippen LogP contribution in [-0.2, 0) is 9.59 Å². The minimum Gasteiger partial charge on any atom is -0.480 e. The zero-order valence-corrected chi connectivity index (χ0v) is 10.3. The van der Waals surface area contributed by atoms with E-state index in [4.69, 9.17) is 5.11 Å². The molecule has 1 atom stereocenters. The third-order valence-corrected chi connectivity index (χ3v) is 3.71. The number of aliphatic hydroxyl groups is 1. The Balaban J connectivity index is 2.48. The highest BCUT2D eigenvalue weighted by atomic mass is 16.4. The van der Waals surface area contributed by atoms with Gasteiger partial charge in [-0.05, 0) is 25.7 Å². The Morgan fingerprint density at radius 2 is 1.88 bits per heavy atom. The topological polar surface area (TPSA) is 74.6 Å². The van der Waals surface area contributed by atoms with Crippen molar-refractivity contribution in [1.29, 1.82) is 0 Å². The number of Topliss-reactive ketones (excluding diaryl/α,β-unsaturated/α-hetero) is 1. The molecule has 1 aliphatic rings. The van der Waals surface area contributed by atoms with E-state index >= 15 is 0 Å². The molecule has 0 aromatic heterocycles. The molecule has 1 saturated carbocycles. The number of hydrogen-bond acceptors (Lipinski definition) is 3. The van der Waals surface area contributed by atoms with Crippen molar-refractivity contribution in [2.45, 2.75) is 57.8 Å². The van der Waals surface area contributed by atoms with Crippen molar-refractivity contribution < 1.29 is 19.8 Å². The third kappa shape index (κ3) is 3.53. The van der Waals surface area contributed by atoms with Gasteiger partial charge >= 0.3 is 5.97 Å². The molecular weight excluding hydrogens is 220 g/mol. The van der Waals surface area contributed by atoms with E-state index in [0.717, 1.165) is 38.5 Å². The van der Waals surface area contributed by atoms with Crippen molar-refractivity contribution in [3.8, 4) is 0 Å². The highest BCUT2D eigenvalue weighted by Crippen LogP contribution is 2.38. The van der Waals surface area contributed by atoms with Crippen molar-refractivity contribution in [1.82, 2.24) is 0 Å². The molecule has 0 aromatic carbocycles. The molecule has 0 aliphatic heterocycles. The van der Waals surface area contributed by atoms with Gasteiger partial charge in [0.05, 0.1) is 0 Å². The third-order valence-electron chi connectivity index (χ3n) is 3.71. The fraction of sp³-hybridized carbons (Fsp3) is 0.846. The molecule has 0 radical (unpaired) electrons. The maximum absolute atomic E-state index is 11.9. The zero-order valence-electron chi connectivity index (χ0n) is 10.3. The van der Waals surface area contributed by atoms with Gasteiger partial charge in [0.1, 0.15) is 11.2 Å². The highest BCUT2D eigenvalue weighted by molar-refractivity contribution is 6.03. The van der Waals surface area contributed by atoms with Gasteiger partial charge in [-0.25, -0.2) is 0 Å². The molecule has 1 rings (SSSR count). The average molecular weight is 242 g/mol. The van der Waals surface area contributed by atoms with Crippen LogP contribution >= 0.6 is 0 Å². The summed E-state index contributed by atoms with van der Waals surface area (Å²) in [5.74, 6) is -1.03. The summed E-state index contributed by atoms with van der Waals surface area (Å²) in [5.41, 5.74) is -1.10. The maximum Gasteiger partial charge on any atom is 0.317 e. The molecule has 4 heteroatoms. The summed E-state index contributed by atoms with van der Waals surface area (Å²) in [5, 5.41) is 17.9. The minimum absolute atomic E-state index is 0.0848. The van der Waals surface area contributed by atoms with Gasteiger partial charge in [0.25, 0.3) is 0 Å². The molecule has 17 heavy (non-hydrogen) atoms. The van der Waals surface area contributed by atoms with Crippen LogP contribution in [0.3, 0.4) is 0 Å². The first kappa shape index (κ1) is 14.2. The number of aliphatic hydroxyl groups excluding tert-OH is 1. The predicted octanol–water partition coefficient (Wildman–Crippen LogP) is 2.14. The molecule has 1 unspecified atom stereocenters. The van der Waals surface area contributed by atoms with Gasteiger partial charge in [-0.2, -0.15) is 0 Å².